The van der Waals surface area contributed by atoms with Crippen molar-refractivity contribution < 1.29 is 31.4 Å². The third kappa shape index (κ3) is 2.74. The van der Waals surface area contributed by atoms with Crippen LogP contribution >= 0.6 is 0 Å². The van der Waals surface area contributed by atoms with Crippen molar-refractivity contribution in [2.75, 3.05) is 7.11 Å². The van der Waals surface area contributed by atoms with Crippen LogP contribution in [0.1, 0.15) is 5.56 Å². The van der Waals surface area contributed by atoms with Gasteiger partial charge in [0, 0.05) is 0 Å². The predicted octanol–water partition coefficient (Wildman–Crippen LogP) is 3.32. The molecule has 0 atom stereocenters. The number of hydrogen-bond donors (Lipinski definition) is 0. The minimum absolute atomic E-state index is 0.646. The van der Waals surface area contributed by atoms with E-state index in [1.54, 1.807) is 0 Å². The molecule has 90 valence electrons. The fraction of sp³-hybridized carbons (Fsp3) is 0.333. The number of para-hydroxylation sites is 1. The maximum atomic E-state index is 12.4. The SMILES string of the molecule is COc1c(OC(F)F)cccc1C(F)(F)F. The van der Waals surface area contributed by atoms with E-state index >= 15 is 0 Å². The molecule has 0 spiro atoms. The zero-order valence-corrected chi connectivity index (χ0v) is 8.02. The second-order valence-corrected chi connectivity index (χ2v) is 2.71. The molecule has 0 aliphatic rings. The lowest BCUT2D eigenvalue weighted by molar-refractivity contribution is -0.139. The summed E-state index contributed by atoms with van der Waals surface area (Å²) in [5.41, 5.74) is -1.16. The summed E-state index contributed by atoms with van der Waals surface area (Å²) >= 11 is 0. The first-order chi connectivity index (χ1) is 7.36. The van der Waals surface area contributed by atoms with Crippen molar-refractivity contribution in [3.63, 3.8) is 0 Å². The molecule has 0 radical (unpaired) electrons. The van der Waals surface area contributed by atoms with Crippen LogP contribution in [0.15, 0.2) is 18.2 Å². The Balaban J connectivity index is 3.21. The molecule has 0 aromatic heterocycles. The first-order valence-electron chi connectivity index (χ1n) is 4.05. The van der Waals surface area contributed by atoms with E-state index in [1.165, 1.54) is 0 Å². The lowest BCUT2D eigenvalue weighted by atomic mass is 10.2. The number of alkyl halides is 5. The summed E-state index contributed by atoms with van der Waals surface area (Å²) in [5.74, 6) is -1.40. The van der Waals surface area contributed by atoms with E-state index in [4.69, 9.17) is 0 Å². The lowest BCUT2D eigenvalue weighted by Crippen LogP contribution is -2.10. The standard InChI is InChI=1S/C9H7F5O2/c1-15-7-5(9(12,13)14)3-2-4-6(7)16-8(10)11/h2-4,8H,1H3. The Kier molecular flexibility index (Phi) is 3.56. The van der Waals surface area contributed by atoms with E-state index in [0.717, 1.165) is 25.3 Å². The topological polar surface area (TPSA) is 18.5 Å². The zero-order valence-electron chi connectivity index (χ0n) is 8.02. The number of methoxy groups -OCH3 is 1. The molecule has 16 heavy (non-hydrogen) atoms. The molecule has 0 saturated heterocycles. The van der Waals surface area contributed by atoms with Crippen LogP contribution in [-0.4, -0.2) is 13.7 Å². The van der Waals surface area contributed by atoms with Crippen LogP contribution in [0, 0.1) is 0 Å². The van der Waals surface area contributed by atoms with Crippen molar-refractivity contribution in [1.29, 1.82) is 0 Å². The van der Waals surface area contributed by atoms with Crippen molar-refractivity contribution in [1.82, 2.24) is 0 Å². The van der Waals surface area contributed by atoms with Gasteiger partial charge in [0.2, 0.25) is 0 Å². The van der Waals surface area contributed by atoms with Crippen LogP contribution in [0.2, 0.25) is 0 Å². The summed E-state index contributed by atoms with van der Waals surface area (Å²) in [4.78, 5) is 0. The van der Waals surface area contributed by atoms with Gasteiger partial charge < -0.3 is 9.47 Å². The fourth-order valence-electron chi connectivity index (χ4n) is 1.14. The van der Waals surface area contributed by atoms with E-state index in [2.05, 4.69) is 9.47 Å². The van der Waals surface area contributed by atoms with Crippen molar-refractivity contribution in [2.24, 2.45) is 0 Å². The molecule has 7 heteroatoms. The van der Waals surface area contributed by atoms with Crippen LogP contribution in [0.5, 0.6) is 11.5 Å². The van der Waals surface area contributed by atoms with Gasteiger partial charge in [-0.15, -0.1) is 0 Å². The molecule has 1 rings (SSSR count). The second-order valence-electron chi connectivity index (χ2n) is 2.71. The number of ether oxygens (including phenoxy) is 2. The highest BCUT2D eigenvalue weighted by Crippen LogP contribution is 2.41. The van der Waals surface area contributed by atoms with Gasteiger partial charge in [-0.2, -0.15) is 22.0 Å². The fourth-order valence-corrected chi connectivity index (χ4v) is 1.14. The molecule has 0 unspecified atom stereocenters. The maximum Gasteiger partial charge on any atom is 0.420 e. The normalized spacial score (nSPS) is 11.7. The molecule has 0 fully saturated rings. The highest BCUT2D eigenvalue weighted by atomic mass is 19.4. The molecule has 0 saturated carbocycles. The number of rotatable bonds is 3. The summed E-state index contributed by atoms with van der Waals surface area (Å²) in [6.07, 6.45) is -4.69. The largest absolute Gasteiger partial charge is 0.492 e. The van der Waals surface area contributed by atoms with Crippen LogP contribution < -0.4 is 9.47 Å². The molecule has 0 aliphatic carbocycles. The van der Waals surface area contributed by atoms with Crippen LogP contribution in [-0.2, 0) is 6.18 Å². The van der Waals surface area contributed by atoms with E-state index in [-0.39, 0.29) is 0 Å². The summed E-state index contributed by atoms with van der Waals surface area (Å²) in [6.45, 7) is -3.21. The van der Waals surface area contributed by atoms with Gasteiger partial charge >= 0.3 is 12.8 Å². The maximum absolute atomic E-state index is 12.4. The highest BCUT2D eigenvalue weighted by molar-refractivity contribution is 5.47. The van der Waals surface area contributed by atoms with Crippen LogP contribution in [0.4, 0.5) is 22.0 Å². The molecule has 0 aliphatic heterocycles. The summed E-state index contributed by atoms with van der Waals surface area (Å²) in [5, 5.41) is 0. The Bertz CT molecular complexity index is 361. The molecule has 0 bridgehead atoms. The molecule has 0 N–H and O–H groups in total. The smallest absolute Gasteiger partial charge is 0.420 e. The van der Waals surface area contributed by atoms with E-state index in [0.29, 0.717) is 0 Å². The average Bonchev–Trinajstić information content (AvgIpc) is 2.15. The van der Waals surface area contributed by atoms with Crippen LogP contribution in [0.25, 0.3) is 0 Å². The minimum Gasteiger partial charge on any atom is -0.492 e. The first-order valence-corrected chi connectivity index (χ1v) is 4.05. The highest BCUT2D eigenvalue weighted by Gasteiger charge is 2.35. The van der Waals surface area contributed by atoms with Gasteiger partial charge in [-0.05, 0) is 12.1 Å². The second kappa shape index (κ2) is 4.54. The molecular formula is C9H7F5O2. The van der Waals surface area contributed by atoms with Crippen molar-refractivity contribution in [3.05, 3.63) is 23.8 Å². The van der Waals surface area contributed by atoms with Gasteiger partial charge in [0.25, 0.3) is 0 Å². The van der Waals surface area contributed by atoms with Crippen molar-refractivity contribution >= 4 is 0 Å². The van der Waals surface area contributed by atoms with Gasteiger partial charge in [-0.25, -0.2) is 0 Å². The Morgan fingerprint density at radius 3 is 2.25 bits per heavy atom. The van der Waals surface area contributed by atoms with Gasteiger partial charge in [0.05, 0.1) is 7.11 Å². The van der Waals surface area contributed by atoms with Gasteiger partial charge in [-0.1, -0.05) is 6.07 Å². The van der Waals surface area contributed by atoms with E-state index in [9.17, 15) is 22.0 Å². The monoisotopic (exact) mass is 242 g/mol. The summed E-state index contributed by atoms with van der Waals surface area (Å²) in [6, 6.07) is 2.65. The quantitative estimate of drug-likeness (QED) is 0.757. The Hall–Kier alpha value is -1.53. The number of benzene rings is 1. The van der Waals surface area contributed by atoms with Gasteiger partial charge in [-0.3, -0.25) is 0 Å². The predicted molar refractivity (Wildman–Crippen MR) is 44.6 cm³/mol. The summed E-state index contributed by atoms with van der Waals surface area (Å²) in [7, 11) is 0.947. The third-order valence-electron chi connectivity index (χ3n) is 1.70. The van der Waals surface area contributed by atoms with Crippen LogP contribution in [0.3, 0.4) is 0 Å². The van der Waals surface area contributed by atoms with Gasteiger partial charge in [0.15, 0.2) is 11.5 Å². The third-order valence-corrected chi connectivity index (χ3v) is 1.70. The number of halogens is 5. The van der Waals surface area contributed by atoms with Crippen molar-refractivity contribution in [3.8, 4) is 11.5 Å². The Morgan fingerprint density at radius 1 is 1.19 bits per heavy atom. The lowest BCUT2D eigenvalue weighted by Gasteiger charge is -2.15. The first kappa shape index (κ1) is 12.5. The number of hydrogen-bond acceptors (Lipinski definition) is 2. The van der Waals surface area contributed by atoms with E-state index in [1.807, 2.05) is 0 Å². The zero-order chi connectivity index (χ0) is 12.3. The van der Waals surface area contributed by atoms with E-state index < -0.39 is 29.9 Å². The molecule has 0 heterocycles. The summed E-state index contributed by atoms with van der Waals surface area (Å²) < 4.78 is 69.4. The molecule has 2 nitrogen and oxygen atoms in total. The Labute approximate surface area is 87.6 Å². The Morgan fingerprint density at radius 2 is 1.81 bits per heavy atom. The molecule has 1 aromatic rings. The van der Waals surface area contributed by atoms with Gasteiger partial charge in [0.1, 0.15) is 5.56 Å². The average molecular weight is 242 g/mol. The molecular weight excluding hydrogens is 235 g/mol. The molecule has 1 aromatic carbocycles. The van der Waals surface area contributed by atoms with Crippen molar-refractivity contribution in [2.45, 2.75) is 12.8 Å². The molecule has 0 amide bonds. The minimum atomic E-state index is -4.69.